The number of hydrogen-bond acceptors (Lipinski definition) is 3. The lowest BCUT2D eigenvalue weighted by atomic mass is 10.1. The minimum atomic E-state index is -0.938. The number of aliphatic hydroxyl groups is 1. The fraction of sp³-hybridized carbons (Fsp3) is 0.417. The van der Waals surface area contributed by atoms with Gasteiger partial charge in [-0.25, -0.2) is 4.79 Å². The number of carboxylic acid groups (broad SMARTS) is 1. The molecule has 2 atom stereocenters. The zero-order valence-electron chi connectivity index (χ0n) is 9.47. The smallest absolute Gasteiger partial charge is 0.335 e. The molecule has 4 heteroatoms. The number of nitrogens with one attached hydrogen (secondary N) is 1. The van der Waals surface area contributed by atoms with Gasteiger partial charge in [-0.15, -0.1) is 0 Å². The lowest BCUT2D eigenvalue weighted by Crippen LogP contribution is -2.20. The lowest BCUT2D eigenvalue weighted by Gasteiger charge is -2.16. The number of aromatic carboxylic acids is 1. The summed E-state index contributed by atoms with van der Waals surface area (Å²) in [5, 5.41) is 21.2. The van der Waals surface area contributed by atoms with E-state index in [1.165, 1.54) is 0 Å². The van der Waals surface area contributed by atoms with Crippen LogP contribution >= 0.6 is 0 Å². The van der Waals surface area contributed by atoms with Crippen LogP contribution in [0, 0.1) is 0 Å². The van der Waals surface area contributed by atoms with Crippen molar-refractivity contribution in [2.24, 2.45) is 0 Å². The highest BCUT2D eigenvalue weighted by Crippen LogP contribution is 2.13. The van der Waals surface area contributed by atoms with E-state index in [2.05, 4.69) is 5.32 Å². The van der Waals surface area contributed by atoms with Crippen LogP contribution in [0.3, 0.4) is 0 Å². The molecule has 4 nitrogen and oxygen atoms in total. The summed E-state index contributed by atoms with van der Waals surface area (Å²) in [5.41, 5.74) is 1.02. The van der Waals surface area contributed by atoms with E-state index < -0.39 is 5.97 Å². The van der Waals surface area contributed by atoms with Gasteiger partial charge in [-0.2, -0.15) is 0 Å². The fourth-order valence-electron chi connectivity index (χ4n) is 1.60. The molecule has 1 aromatic carbocycles. The first kappa shape index (κ1) is 12.5. The maximum absolute atomic E-state index is 10.7. The van der Waals surface area contributed by atoms with Gasteiger partial charge in [0.1, 0.15) is 0 Å². The van der Waals surface area contributed by atoms with Crippen molar-refractivity contribution in [3.8, 4) is 0 Å². The fourth-order valence-corrected chi connectivity index (χ4v) is 1.60. The molecule has 0 fully saturated rings. The molecule has 0 amide bonds. The number of benzene rings is 1. The molecular weight excluding hydrogens is 206 g/mol. The summed E-state index contributed by atoms with van der Waals surface area (Å²) in [6.07, 6.45) is 0.252. The van der Waals surface area contributed by atoms with Crippen molar-refractivity contribution in [2.45, 2.75) is 32.4 Å². The van der Waals surface area contributed by atoms with Crippen molar-refractivity contribution in [3.05, 3.63) is 29.8 Å². The highest BCUT2D eigenvalue weighted by atomic mass is 16.4. The number of carboxylic acids is 1. The Hall–Kier alpha value is -1.55. The van der Waals surface area contributed by atoms with Crippen molar-refractivity contribution >= 4 is 11.7 Å². The zero-order chi connectivity index (χ0) is 12.1. The van der Waals surface area contributed by atoms with Crippen LogP contribution in [0.15, 0.2) is 24.3 Å². The van der Waals surface area contributed by atoms with Gasteiger partial charge in [0.05, 0.1) is 11.7 Å². The Labute approximate surface area is 94.9 Å². The van der Waals surface area contributed by atoms with E-state index in [1.807, 2.05) is 13.0 Å². The molecule has 0 aliphatic rings. The Kier molecular flexibility index (Phi) is 4.31. The maximum atomic E-state index is 10.7. The van der Waals surface area contributed by atoms with E-state index in [4.69, 9.17) is 5.11 Å². The van der Waals surface area contributed by atoms with Gasteiger partial charge < -0.3 is 15.5 Å². The zero-order valence-corrected chi connectivity index (χ0v) is 9.47. The van der Waals surface area contributed by atoms with E-state index in [9.17, 15) is 9.90 Å². The maximum Gasteiger partial charge on any atom is 0.335 e. The van der Waals surface area contributed by atoms with Gasteiger partial charge in [0, 0.05) is 11.7 Å². The summed E-state index contributed by atoms with van der Waals surface area (Å²) >= 11 is 0. The van der Waals surface area contributed by atoms with E-state index >= 15 is 0 Å². The predicted molar refractivity (Wildman–Crippen MR) is 62.8 cm³/mol. The first-order valence-electron chi connectivity index (χ1n) is 5.27. The van der Waals surface area contributed by atoms with Crippen molar-refractivity contribution in [3.63, 3.8) is 0 Å². The monoisotopic (exact) mass is 223 g/mol. The van der Waals surface area contributed by atoms with Gasteiger partial charge in [0.2, 0.25) is 0 Å². The van der Waals surface area contributed by atoms with E-state index in [0.717, 1.165) is 5.69 Å². The predicted octanol–water partition coefficient (Wildman–Crippen LogP) is 1.96. The summed E-state index contributed by atoms with van der Waals surface area (Å²) in [6, 6.07) is 6.74. The first-order valence-corrected chi connectivity index (χ1v) is 5.27. The van der Waals surface area contributed by atoms with Crippen LogP contribution in [0.5, 0.6) is 0 Å². The first-order chi connectivity index (χ1) is 7.49. The van der Waals surface area contributed by atoms with Gasteiger partial charge >= 0.3 is 5.97 Å². The summed E-state index contributed by atoms with van der Waals surface area (Å²) < 4.78 is 0. The Morgan fingerprint density at radius 2 is 2.12 bits per heavy atom. The molecule has 88 valence electrons. The lowest BCUT2D eigenvalue weighted by molar-refractivity contribution is 0.0697. The third-order valence-corrected chi connectivity index (χ3v) is 2.22. The second kappa shape index (κ2) is 5.51. The molecule has 0 aromatic heterocycles. The molecular formula is C12H17NO3. The number of anilines is 1. The molecule has 0 spiro atoms. The highest BCUT2D eigenvalue weighted by Gasteiger charge is 2.07. The van der Waals surface area contributed by atoms with Crippen LogP contribution in [0.1, 0.15) is 30.6 Å². The normalized spacial score (nSPS) is 14.2. The summed E-state index contributed by atoms with van der Waals surface area (Å²) in [6.45, 7) is 3.67. The number of hydrogen-bond donors (Lipinski definition) is 3. The van der Waals surface area contributed by atoms with Crippen LogP contribution in [-0.2, 0) is 0 Å². The SMILES string of the molecule is CC(O)CC(C)Nc1cccc(C(=O)O)c1. The van der Waals surface area contributed by atoms with Gasteiger partial charge in [0.25, 0.3) is 0 Å². The number of rotatable bonds is 5. The average molecular weight is 223 g/mol. The third-order valence-electron chi connectivity index (χ3n) is 2.22. The summed E-state index contributed by atoms with van der Waals surface area (Å²) in [4.78, 5) is 10.7. The minimum Gasteiger partial charge on any atom is -0.478 e. The Morgan fingerprint density at radius 3 is 2.69 bits per heavy atom. The van der Waals surface area contributed by atoms with E-state index in [1.54, 1.807) is 25.1 Å². The van der Waals surface area contributed by atoms with Gasteiger partial charge in [-0.1, -0.05) is 6.07 Å². The second-order valence-corrected chi connectivity index (χ2v) is 4.02. The van der Waals surface area contributed by atoms with Crippen LogP contribution in [0.4, 0.5) is 5.69 Å². The number of carbonyl (C=O) groups is 1. The Morgan fingerprint density at radius 1 is 1.44 bits per heavy atom. The molecule has 0 saturated carbocycles. The van der Waals surface area contributed by atoms with Crippen LogP contribution in [0.2, 0.25) is 0 Å². The van der Waals surface area contributed by atoms with Gasteiger partial charge in [-0.05, 0) is 38.5 Å². The minimum absolute atomic E-state index is 0.101. The quantitative estimate of drug-likeness (QED) is 0.713. The molecule has 3 N–H and O–H groups in total. The van der Waals surface area contributed by atoms with Gasteiger partial charge in [0.15, 0.2) is 0 Å². The molecule has 0 radical (unpaired) electrons. The molecule has 1 aromatic rings. The van der Waals surface area contributed by atoms with Crippen LogP contribution < -0.4 is 5.32 Å². The molecule has 0 saturated heterocycles. The molecule has 0 bridgehead atoms. The second-order valence-electron chi connectivity index (χ2n) is 4.02. The van der Waals surface area contributed by atoms with E-state index in [-0.39, 0.29) is 17.7 Å². The van der Waals surface area contributed by atoms with Crippen molar-refractivity contribution in [1.82, 2.24) is 0 Å². The molecule has 0 aliphatic carbocycles. The Bertz CT molecular complexity index is 363. The Balaban J connectivity index is 2.66. The molecule has 1 rings (SSSR count). The summed E-state index contributed by atoms with van der Waals surface area (Å²) in [5.74, 6) is -0.938. The molecule has 16 heavy (non-hydrogen) atoms. The summed E-state index contributed by atoms with van der Waals surface area (Å²) in [7, 11) is 0. The van der Waals surface area contributed by atoms with Crippen molar-refractivity contribution < 1.29 is 15.0 Å². The van der Waals surface area contributed by atoms with Crippen LogP contribution in [0.25, 0.3) is 0 Å². The van der Waals surface area contributed by atoms with Crippen molar-refractivity contribution in [1.29, 1.82) is 0 Å². The van der Waals surface area contributed by atoms with Crippen LogP contribution in [-0.4, -0.2) is 28.3 Å². The van der Waals surface area contributed by atoms with Crippen molar-refractivity contribution in [2.75, 3.05) is 5.32 Å². The molecule has 0 heterocycles. The number of aliphatic hydroxyl groups excluding tert-OH is 1. The third kappa shape index (κ3) is 3.90. The highest BCUT2D eigenvalue weighted by molar-refractivity contribution is 5.88. The van der Waals surface area contributed by atoms with E-state index in [0.29, 0.717) is 6.42 Å². The topological polar surface area (TPSA) is 69.6 Å². The molecule has 0 aliphatic heterocycles. The standard InChI is InChI=1S/C12H17NO3/c1-8(6-9(2)14)13-11-5-3-4-10(7-11)12(15)16/h3-5,7-9,13-14H,6H2,1-2H3,(H,15,16). The van der Waals surface area contributed by atoms with Gasteiger partial charge in [-0.3, -0.25) is 0 Å². The molecule has 2 unspecified atom stereocenters. The average Bonchev–Trinajstić information content (AvgIpc) is 2.16. The largest absolute Gasteiger partial charge is 0.478 e.